The summed E-state index contributed by atoms with van der Waals surface area (Å²) in [5.41, 5.74) is 1.36. The van der Waals surface area contributed by atoms with Crippen LogP contribution < -0.4 is 0 Å². The maximum atomic E-state index is 3.24. The first kappa shape index (κ1) is 6.02. The minimum Gasteiger partial charge on any atom is -0.365 e. The minimum absolute atomic E-state index is 1.31. The summed E-state index contributed by atoms with van der Waals surface area (Å²) in [6.07, 6.45) is 7.38. The van der Waals surface area contributed by atoms with Crippen LogP contribution in [0.1, 0.15) is 31.4 Å². The largest absolute Gasteiger partial charge is 0.365 e. The zero-order chi connectivity index (χ0) is 6.81. The Morgan fingerprint density at radius 1 is 1.20 bits per heavy atom. The predicted molar refractivity (Wildman–Crippen MR) is 41.6 cm³/mol. The number of nitrogens with one attached hydrogen (secondary N) is 1. The quantitative estimate of drug-likeness (QED) is 0.607. The van der Waals surface area contributed by atoms with Gasteiger partial charge in [-0.2, -0.15) is 0 Å². The van der Waals surface area contributed by atoms with Crippen molar-refractivity contribution in [2.75, 3.05) is 0 Å². The van der Waals surface area contributed by atoms with Gasteiger partial charge in [-0.25, -0.2) is 0 Å². The summed E-state index contributed by atoms with van der Waals surface area (Å²) in [6.45, 7) is 0. The van der Waals surface area contributed by atoms with Crippen LogP contribution in [0.2, 0.25) is 0 Å². The lowest BCUT2D eigenvalue weighted by Gasteiger charge is -2.03. The van der Waals surface area contributed by atoms with Crippen molar-refractivity contribution in [1.29, 1.82) is 0 Å². The Morgan fingerprint density at radius 3 is 2.60 bits per heavy atom. The summed E-state index contributed by atoms with van der Waals surface area (Å²) in [5, 5.41) is 0. The van der Waals surface area contributed by atoms with Gasteiger partial charge in [0.25, 0.3) is 0 Å². The molecule has 1 nitrogen and oxygen atoms in total. The molecule has 1 aromatic heterocycles. The van der Waals surface area contributed by atoms with Crippen molar-refractivity contribution in [3.05, 3.63) is 29.9 Å². The van der Waals surface area contributed by atoms with Crippen LogP contribution in [0.25, 0.3) is 0 Å². The third-order valence-electron chi connectivity index (χ3n) is 2.19. The van der Waals surface area contributed by atoms with E-state index in [9.17, 15) is 0 Å². The van der Waals surface area contributed by atoms with Crippen LogP contribution in [0.15, 0.2) is 18.3 Å². The van der Waals surface area contributed by atoms with E-state index >= 15 is 0 Å². The van der Waals surface area contributed by atoms with Crippen molar-refractivity contribution in [3.8, 4) is 0 Å². The minimum atomic E-state index is 1.31. The first-order chi connectivity index (χ1) is 4.97. The Kier molecular flexibility index (Phi) is 1.50. The highest BCUT2D eigenvalue weighted by Gasteiger charge is 2.17. The molecule has 1 radical (unpaired) electrons. The summed E-state index contributed by atoms with van der Waals surface area (Å²) >= 11 is 0. The highest BCUT2D eigenvalue weighted by molar-refractivity contribution is 5.24. The number of rotatable bonds is 1. The topological polar surface area (TPSA) is 15.8 Å². The third-order valence-corrected chi connectivity index (χ3v) is 2.19. The maximum absolute atomic E-state index is 3.24. The van der Waals surface area contributed by atoms with Crippen molar-refractivity contribution in [2.45, 2.75) is 25.7 Å². The molecule has 1 fully saturated rings. The second-order valence-electron chi connectivity index (χ2n) is 2.89. The number of hydrogen-bond donors (Lipinski definition) is 1. The van der Waals surface area contributed by atoms with E-state index in [2.05, 4.69) is 17.1 Å². The van der Waals surface area contributed by atoms with Gasteiger partial charge in [0.1, 0.15) is 0 Å². The molecular weight excluding hydrogens is 122 g/mol. The van der Waals surface area contributed by atoms with Crippen LogP contribution >= 0.6 is 0 Å². The molecular formula is C9H12N. The summed E-state index contributed by atoms with van der Waals surface area (Å²) in [5.74, 6) is 1.62. The molecule has 1 saturated carbocycles. The molecule has 0 amide bonds. The zero-order valence-corrected chi connectivity index (χ0v) is 6.06. The van der Waals surface area contributed by atoms with Gasteiger partial charge in [-0.15, -0.1) is 0 Å². The van der Waals surface area contributed by atoms with Crippen LogP contribution in [0, 0.1) is 5.92 Å². The Labute approximate surface area is 61.5 Å². The molecule has 10 heavy (non-hydrogen) atoms. The molecule has 1 heterocycles. The molecule has 1 aliphatic carbocycles. The molecule has 0 spiro atoms. The fraction of sp³-hybridized carbons (Fsp3) is 0.444. The van der Waals surface area contributed by atoms with Gasteiger partial charge < -0.3 is 4.98 Å². The first-order valence-corrected chi connectivity index (χ1v) is 3.95. The number of aromatic amines is 1. The highest BCUT2D eigenvalue weighted by Crippen LogP contribution is 2.31. The normalized spacial score (nSPS) is 20.0. The van der Waals surface area contributed by atoms with Gasteiger partial charge in [-0.3, -0.25) is 0 Å². The molecule has 0 atom stereocenters. The van der Waals surface area contributed by atoms with Crippen molar-refractivity contribution in [2.24, 2.45) is 0 Å². The van der Waals surface area contributed by atoms with Gasteiger partial charge in [0.15, 0.2) is 0 Å². The Hall–Kier alpha value is -0.720. The monoisotopic (exact) mass is 134 g/mol. The van der Waals surface area contributed by atoms with E-state index in [4.69, 9.17) is 0 Å². The smallest absolute Gasteiger partial charge is 0.0219 e. The van der Waals surface area contributed by atoms with Gasteiger partial charge in [0.05, 0.1) is 0 Å². The Morgan fingerprint density at radius 2 is 2.00 bits per heavy atom. The Bertz CT molecular complexity index is 183. The average molecular weight is 134 g/mol. The van der Waals surface area contributed by atoms with E-state index in [0.717, 1.165) is 0 Å². The van der Waals surface area contributed by atoms with E-state index in [1.807, 2.05) is 6.20 Å². The van der Waals surface area contributed by atoms with Crippen LogP contribution in [-0.2, 0) is 0 Å². The first-order valence-electron chi connectivity index (χ1n) is 3.95. The number of hydrogen-bond acceptors (Lipinski definition) is 0. The lowest BCUT2D eigenvalue weighted by molar-refractivity contribution is 0.886. The van der Waals surface area contributed by atoms with Crippen molar-refractivity contribution in [1.82, 2.24) is 4.98 Å². The van der Waals surface area contributed by atoms with E-state index < -0.39 is 0 Å². The molecule has 0 bridgehead atoms. The average Bonchev–Trinajstić information content (AvgIpc) is 2.59. The molecule has 53 valence electrons. The van der Waals surface area contributed by atoms with Gasteiger partial charge in [0.2, 0.25) is 0 Å². The number of aromatic nitrogens is 1. The van der Waals surface area contributed by atoms with Crippen LogP contribution in [0.3, 0.4) is 0 Å². The SMILES string of the molecule is c1c[nH]c([C]2CCCC2)c1. The molecule has 1 heteroatoms. The Balaban J connectivity index is 2.12. The van der Waals surface area contributed by atoms with Gasteiger partial charge in [-0.1, -0.05) is 12.8 Å². The predicted octanol–water partition coefficient (Wildman–Crippen LogP) is 2.51. The molecule has 0 aliphatic heterocycles. The lowest BCUT2D eigenvalue weighted by Crippen LogP contribution is -1.91. The van der Waals surface area contributed by atoms with Gasteiger partial charge in [-0.05, 0) is 25.0 Å². The summed E-state index contributed by atoms with van der Waals surface area (Å²) in [6, 6.07) is 4.24. The van der Waals surface area contributed by atoms with Crippen molar-refractivity contribution < 1.29 is 0 Å². The summed E-state index contributed by atoms with van der Waals surface area (Å²) in [4.78, 5) is 3.24. The van der Waals surface area contributed by atoms with Gasteiger partial charge >= 0.3 is 0 Å². The molecule has 2 rings (SSSR count). The third kappa shape index (κ3) is 0.962. The fourth-order valence-electron chi connectivity index (χ4n) is 1.62. The van der Waals surface area contributed by atoms with Crippen LogP contribution in [0.4, 0.5) is 0 Å². The number of H-pyrrole nitrogens is 1. The van der Waals surface area contributed by atoms with E-state index in [1.165, 1.54) is 31.4 Å². The molecule has 0 unspecified atom stereocenters. The molecule has 0 saturated heterocycles. The summed E-state index contributed by atoms with van der Waals surface area (Å²) < 4.78 is 0. The standard InChI is InChI=1S/C9H12N/c1-2-5-8(4-1)9-6-3-7-10-9/h3,6-7,10H,1-2,4-5H2. The van der Waals surface area contributed by atoms with E-state index in [0.29, 0.717) is 0 Å². The van der Waals surface area contributed by atoms with Crippen molar-refractivity contribution in [3.63, 3.8) is 0 Å². The van der Waals surface area contributed by atoms with Gasteiger partial charge in [0, 0.05) is 17.8 Å². The second-order valence-corrected chi connectivity index (χ2v) is 2.89. The zero-order valence-electron chi connectivity index (χ0n) is 6.06. The molecule has 1 N–H and O–H groups in total. The lowest BCUT2D eigenvalue weighted by atomic mass is 10.1. The van der Waals surface area contributed by atoms with Crippen LogP contribution in [-0.4, -0.2) is 4.98 Å². The van der Waals surface area contributed by atoms with E-state index in [-0.39, 0.29) is 0 Å². The molecule has 0 aromatic carbocycles. The molecule has 1 aliphatic rings. The fourth-order valence-corrected chi connectivity index (χ4v) is 1.62. The maximum Gasteiger partial charge on any atom is 0.0219 e. The second kappa shape index (κ2) is 2.49. The van der Waals surface area contributed by atoms with E-state index in [1.54, 1.807) is 5.92 Å². The van der Waals surface area contributed by atoms with Crippen LogP contribution in [0.5, 0.6) is 0 Å². The highest BCUT2D eigenvalue weighted by atomic mass is 14.7. The van der Waals surface area contributed by atoms with Crippen molar-refractivity contribution >= 4 is 0 Å². The summed E-state index contributed by atoms with van der Waals surface area (Å²) in [7, 11) is 0. The molecule has 1 aromatic rings.